The van der Waals surface area contributed by atoms with Gasteiger partial charge in [0.1, 0.15) is 6.07 Å². The number of nitriles is 1. The van der Waals surface area contributed by atoms with Gasteiger partial charge in [0, 0.05) is 25.0 Å². The summed E-state index contributed by atoms with van der Waals surface area (Å²) in [5.74, 6) is 0.895. The van der Waals surface area contributed by atoms with Crippen LogP contribution in [0.5, 0.6) is 0 Å². The molecule has 27 heavy (non-hydrogen) atoms. The number of hydrogen-bond donors (Lipinski definition) is 0. The van der Waals surface area contributed by atoms with Crippen molar-refractivity contribution in [3.8, 4) is 6.07 Å². The second-order valence-corrected chi connectivity index (χ2v) is 8.07. The topological polar surface area (TPSA) is 44.1 Å². The number of carbonyl (C=O) groups is 1. The molecule has 1 aliphatic heterocycles. The molecule has 0 bridgehead atoms. The van der Waals surface area contributed by atoms with E-state index in [0.29, 0.717) is 28.8 Å². The first kappa shape index (κ1) is 19.7. The highest BCUT2D eigenvalue weighted by Crippen LogP contribution is 2.32. The lowest BCUT2D eigenvalue weighted by Gasteiger charge is -2.24. The maximum absolute atomic E-state index is 12.0. The number of carbonyl (C=O) groups excluding carboxylic acids is 1. The zero-order valence-electron chi connectivity index (χ0n) is 15.3. The normalized spacial score (nSPS) is 17.8. The molecule has 1 saturated heterocycles. The molecule has 3 nitrogen and oxygen atoms in total. The Hall–Kier alpha value is -2.02. The maximum atomic E-state index is 12.0. The van der Waals surface area contributed by atoms with Crippen LogP contribution in [0.15, 0.2) is 42.5 Å². The minimum atomic E-state index is 0.213. The van der Waals surface area contributed by atoms with Crippen LogP contribution in [0, 0.1) is 23.2 Å². The molecule has 140 valence electrons. The SMILES string of the molecule is CN1CC([C@@H](CCc2ccc(C#N)c(Cl)c2)Cc2ccccc2Cl)CC1=O. The Balaban J connectivity index is 1.75. The predicted octanol–water partition coefficient (Wildman–Crippen LogP) is 5.13. The van der Waals surface area contributed by atoms with E-state index in [1.165, 1.54) is 0 Å². The lowest BCUT2D eigenvalue weighted by atomic mass is 9.82. The van der Waals surface area contributed by atoms with Crippen molar-refractivity contribution < 1.29 is 4.79 Å². The van der Waals surface area contributed by atoms with Gasteiger partial charge in [0.2, 0.25) is 5.91 Å². The highest BCUT2D eigenvalue weighted by Gasteiger charge is 2.33. The van der Waals surface area contributed by atoms with Crippen LogP contribution >= 0.6 is 23.2 Å². The molecule has 0 aromatic heterocycles. The molecule has 1 amide bonds. The summed E-state index contributed by atoms with van der Waals surface area (Å²) in [6, 6.07) is 15.6. The molecule has 0 saturated carbocycles. The lowest BCUT2D eigenvalue weighted by molar-refractivity contribution is -0.126. The molecule has 2 aromatic carbocycles. The van der Waals surface area contributed by atoms with Gasteiger partial charge in [-0.25, -0.2) is 0 Å². The van der Waals surface area contributed by atoms with Gasteiger partial charge in [-0.3, -0.25) is 4.79 Å². The van der Waals surface area contributed by atoms with Crippen LogP contribution < -0.4 is 0 Å². The minimum Gasteiger partial charge on any atom is -0.345 e. The van der Waals surface area contributed by atoms with Crippen LogP contribution in [0.2, 0.25) is 10.0 Å². The third kappa shape index (κ3) is 4.83. The average Bonchev–Trinajstić information content (AvgIpc) is 2.99. The van der Waals surface area contributed by atoms with Crippen LogP contribution in [-0.2, 0) is 17.6 Å². The fourth-order valence-corrected chi connectivity index (χ4v) is 4.28. The molecule has 0 N–H and O–H groups in total. The van der Waals surface area contributed by atoms with Gasteiger partial charge >= 0.3 is 0 Å². The summed E-state index contributed by atoms with van der Waals surface area (Å²) < 4.78 is 0. The van der Waals surface area contributed by atoms with E-state index in [0.717, 1.165) is 42.0 Å². The van der Waals surface area contributed by atoms with E-state index in [9.17, 15) is 4.79 Å². The summed E-state index contributed by atoms with van der Waals surface area (Å²) in [6.07, 6.45) is 3.25. The molecule has 1 aliphatic rings. The highest BCUT2D eigenvalue weighted by atomic mass is 35.5. The van der Waals surface area contributed by atoms with Crippen molar-refractivity contribution in [2.24, 2.45) is 11.8 Å². The summed E-state index contributed by atoms with van der Waals surface area (Å²) in [6.45, 7) is 0.794. The summed E-state index contributed by atoms with van der Waals surface area (Å²) in [5.41, 5.74) is 2.74. The molecular formula is C22H22Cl2N2O. The Labute approximate surface area is 170 Å². The number of amides is 1. The van der Waals surface area contributed by atoms with Crippen LogP contribution in [0.25, 0.3) is 0 Å². The van der Waals surface area contributed by atoms with Crippen LogP contribution in [0.4, 0.5) is 0 Å². The smallest absolute Gasteiger partial charge is 0.222 e. The first-order chi connectivity index (χ1) is 13.0. The number of hydrogen-bond acceptors (Lipinski definition) is 2. The van der Waals surface area contributed by atoms with E-state index >= 15 is 0 Å². The van der Waals surface area contributed by atoms with Crippen molar-refractivity contribution >= 4 is 29.1 Å². The molecular weight excluding hydrogens is 379 g/mol. The third-order valence-electron chi connectivity index (χ3n) is 5.44. The van der Waals surface area contributed by atoms with Crippen molar-refractivity contribution in [1.82, 2.24) is 4.90 Å². The number of aryl methyl sites for hydroxylation is 1. The Morgan fingerprint density at radius 3 is 2.63 bits per heavy atom. The Bertz CT molecular complexity index is 875. The third-order valence-corrected chi connectivity index (χ3v) is 6.12. The van der Waals surface area contributed by atoms with Crippen molar-refractivity contribution in [3.63, 3.8) is 0 Å². The first-order valence-corrected chi connectivity index (χ1v) is 9.89. The molecule has 2 atom stereocenters. The van der Waals surface area contributed by atoms with Gasteiger partial charge in [0.15, 0.2) is 0 Å². The van der Waals surface area contributed by atoms with Crippen LogP contribution in [-0.4, -0.2) is 24.4 Å². The summed E-state index contributed by atoms with van der Waals surface area (Å²) in [5, 5.41) is 10.3. The molecule has 5 heteroatoms. The van der Waals surface area contributed by atoms with Gasteiger partial charge in [-0.1, -0.05) is 47.5 Å². The molecule has 0 spiro atoms. The van der Waals surface area contributed by atoms with Crippen molar-refractivity contribution in [2.45, 2.75) is 25.7 Å². The fourth-order valence-electron chi connectivity index (χ4n) is 3.82. The van der Waals surface area contributed by atoms with Gasteiger partial charge in [0.05, 0.1) is 10.6 Å². The zero-order chi connectivity index (χ0) is 19.4. The Morgan fingerprint density at radius 1 is 1.22 bits per heavy atom. The minimum absolute atomic E-state index is 0.213. The standard InChI is InChI=1S/C22H22Cl2N2O/c1-26-14-19(12-22(26)27)16(11-17-4-2-3-5-20(17)23)8-6-15-7-9-18(13-25)21(24)10-15/h2-5,7,9-10,16,19H,6,8,11-12,14H2,1H3/t16-,19?/m0/s1. The maximum Gasteiger partial charge on any atom is 0.222 e. The van der Waals surface area contributed by atoms with Gasteiger partial charge in [-0.2, -0.15) is 5.26 Å². The summed E-state index contributed by atoms with van der Waals surface area (Å²) in [7, 11) is 1.87. The van der Waals surface area contributed by atoms with E-state index in [-0.39, 0.29) is 5.91 Å². The lowest BCUT2D eigenvalue weighted by Crippen LogP contribution is -2.23. The van der Waals surface area contributed by atoms with E-state index in [1.807, 2.05) is 42.3 Å². The Morgan fingerprint density at radius 2 is 2.00 bits per heavy atom. The summed E-state index contributed by atoms with van der Waals surface area (Å²) >= 11 is 12.5. The van der Waals surface area contributed by atoms with Crippen LogP contribution in [0.3, 0.4) is 0 Å². The van der Waals surface area contributed by atoms with E-state index in [2.05, 4.69) is 12.1 Å². The van der Waals surface area contributed by atoms with Gasteiger partial charge < -0.3 is 4.90 Å². The molecule has 3 rings (SSSR count). The summed E-state index contributed by atoms with van der Waals surface area (Å²) in [4.78, 5) is 13.9. The van der Waals surface area contributed by atoms with Gasteiger partial charge in [-0.15, -0.1) is 0 Å². The highest BCUT2D eigenvalue weighted by molar-refractivity contribution is 6.31. The van der Waals surface area contributed by atoms with Crippen LogP contribution in [0.1, 0.15) is 29.5 Å². The largest absolute Gasteiger partial charge is 0.345 e. The zero-order valence-corrected chi connectivity index (χ0v) is 16.8. The second-order valence-electron chi connectivity index (χ2n) is 7.26. The van der Waals surface area contributed by atoms with E-state index < -0.39 is 0 Å². The molecule has 1 heterocycles. The predicted molar refractivity (Wildman–Crippen MR) is 109 cm³/mol. The fraction of sp³-hybridized carbons (Fsp3) is 0.364. The number of nitrogens with zero attached hydrogens (tertiary/aromatic N) is 2. The number of rotatable bonds is 6. The van der Waals surface area contributed by atoms with Gasteiger partial charge in [0.25, 0.3) is 0 Å². The monoisotopic (exact) mass is 400 g/mol. The number of likely N-dealkylation sites (tertiary alicyclic amines) is 1. The number of halogens is 2. The van der Waals surface area contributed by atoms with E-state index in [4.69, 9.17) is 28.5 Å². The molecule has 2 aromatic rings. The van der Waals surface area contributed by atoms with Gasteiger partial charge in [-0.05, 0) is 60.4 Å². The quantitative estimate of drug-likeness (QED) is 0.673. The number of benzene rings is 2. The molecule has 1 unspecified atom stereocenters. The molecule has 1 fully saturated rings. The Kier molecular flexibility index (Phi) is 6.42. The molecule has 0 aliphatic carbocycles. The van der Waals surface area contributed by atoms with E-state index in [1.54, 1.807) is 6.07 Å². The second kappa shape index (κ2) is 8.78. The van der Waals surface area contributed by atoms with Crippen molar-refractivity contribution in [2.75, 3.05) is 13.6 Å². The van der Waals surface area contributed by atoms with Crippen molar-refractivity contribution in [3.05, 3.63) is 69.2 Å². The average molecular weight is 401 g/mol. The molecule has 0 radical (unpaired) electrons. The van der Waals surface area contributed by atoms with Crippen molar-refractivity contribution in [1.29, 1.82) is 5.26 Å². The first-order valence-electron chi connectivity index (χ1n) is 9.14.